The fourth-order valence-corrected chi connectivity index (χ4v) is 4.41. The lowest BCUT2D eigenvalue weighted by molar-refractivity contribution is -0.262. The van der Waals surface area contributed by atoms with Crippen molar-refractivity contribution in [3.63, 3.8) is 0 Å². The van der Waals surface area contributed by atoms with Gasteiger partial charge in [0, 0.05) is 6.54 Å². The van der Waals surface area contributed by atoms with E-state index in [9.17, 15) is 5.21 Å². The molecule has 6 nitrogen and oxygen atoms in total. The van der Waals surface area contributed by atoms with Gasteiger partial charge in [0.05, 0.1) is 12.6 Å². The first-order valence-corrected chi connectivity index (χ1v) is 10.8. The van der Waals surface area contributed by atoms with E-state index in [0.717, 1.165) is 11.1 Å². The fraction of sp³-hybridized carbons (Fsp3) is 0.385. The summed E-state index contributed by atoms with van der Waals surface area (Å²) in [5, 5.41) is 12.2. The minimum absolute atomic E-state index is 0.307. The second-order valence-electron chi connectivity index (χ2n) is 8.62. The standard InChI is InChI=1S/C26H31NO5/c1-5-21(27(28)17-19-13-9-7-10-14-19)22-23(29-18-20-15-11-8-12-16-20)24-26(6-2,30-22)32-25(3,4)31-24/h5-16,21-24,28H,1-2,17-18H2,3-4H3/t21-,22-,23+,24-,26-/m0/s1. The number of hydroxylamine groups is 2. The maximum absolute atomic E-state index is 11.0. The minimum Gasteiger partial charge on any atom is -0.368 e. The lowest BCUT2D eigenvalue weighted by atomic mass is 9.99. The fourth-order valence-electron chi connectivity index (χ4n) is 4.41. The topological polar surface area (TPSA) is 60.4 Å². The van der Waals surface area contributed by atoms with Crippen molar-refractivity contribution in [3.05, 3.63) is 97.1 Å². The van der Waals surface area contributed by atoms with Crippen LogP contribution in [0.15, 0.2) is 86.0 Å². The van der Waals surface area contributed by atoms with E-state index in [0.29, 0.717) is 13.2 Å². The molecular formula is C26H31NO5. The first-order chi connectivity index (χ1) is 15.4. The Morgan fingerprint density at radius 2 is 1.66 bits per heavy atom. The van der Waals surface area contributed by atoms with Crippen molar-refractivity contribution in [1.82, 2.24) is 5.06 Å². The summed E-state index contributed by atoms with van der Waals surface area (Å²) >= 11 is 0. The average Bonchev–Trinajstić information content (AvgIpc) is 3.21. The van der Waals surface area contributed by atoms with E-state index in [4.69, 9.17) is 18.9 Å². The highest BCUT2D eigenvalue weighted by atomic mass is 16.9. The zero-order chi connectivity index (χ0) is 22.8. The molecule has 2 heterocycles. The molecule has 0 bridgehead atoms. The molecule has 0 radical (unpaired) electrons. The molecule has 2 aromatic carbocycles. The first kappa shape index (κ1) is 22.9. The molecule has 0 unspecified atom stereocenters. The average molecular weight is 438 g/mol. The predicted octanol–water partition coefficient (Wildman–Crippen LogP) is 4.45. The van der Waals surface area contributed by atoms with Gasteiger partial charge in [-0.3, -0.25) is 0 Å². The highest BCUT2D eigenvalue weighted by molar-refractivity contribution is 5.18. The summed E-state index contributed by atoms with van der Waals surface area (Å²) in [7, 11) is 0. The SMILES string of the molecule is C=C[C@@H]([C@@H]1O[C@@]2(C=C)OC(C)(C)O[C@H]2[C@@H]1OCc1ccccc1)N(O)Cc1ccccc1. The maximum atomic E-state index is 11.0. The lowest BCUT2D eigenvalue weighted by Gasteiger charge is -2.34. The Labute approximate surface area is 189 Å². The normalized spacial score (nSPS) is 29.6. The van der Waals surface area contributed by atoms with E-state index in [1.54, 1.807) is 12.2 Å². The molecule has 0 spiro atoms. The molecule has 170 valence electrons. The van der Waals surface area contributed by atoms with Crippen LogP contribution >= 0.6 is 0 Å². The van der Waals surface area contributed by atoms with Crippen LogP contribution < -0.4 is 0 Å². The smallest absolute Gasteiger partial charge is 0.220 e. The van der Waals surface area contributed by atoms with Crippen molar-refractivity contribution in [3.8, 4) is 0 Å². The summed E-state index contributed by atoms with van der Waals surface area (Å²) in [4.78, 5) is 0. The Morgan fingerprint density at radius 3 is 2.25 bits per heavy atom. The third kappa shape index (κ3) is 4.57. The number of hydrogen-bond acceptors (Lipinski definition) is 6. The predicted molar refractivity (Wildman–Crippen MR) is 121 cm³/mol. The molecule has 2 aliphatic rings. The van der Waals surface area contributed by atoms with Crippen LogP contribution in [0.3, 0.4) is 0 Å². The molecule has 0 aromatic heterocycles. The number of fused-ring (bicyclic) bond motifs is 1. The van der Waals surface area contributed by atoms with Crippen LogP contribution in [0.25, 0.3) is 0 Å². The van der Waals surface area contributed by atoms with Crippen molar-refractivity contribution in [2.24, 2.45) is 0 Å². The maximum Gasteiger partial charge on any atom is 0.220 e. The first-order valence-electron chi connectivity index (χ1n) is 10.8. The molecule has 2 aliphatic heterocycles. The molecule has 32 heavy (non-hydrogen) atoms. The van der Waals surface area contributed by atoms with Crippen LogP contribution in [0, 0.1) is 0 Å². The van der Waals surface area contributed by atoms with Crippen molar-refractivity contribution in [2.75, 3.05) is 0 Å². The van der Waals surface area contributed by atoms with E-state index in [1.165, 1.54) is 5.06 Å². The van der Waals surface area contributed by atoms with E-state index in [-0.39, 0.29) is 0 Å². The third-order valence-corrected chi connectivity index (χ3v) is 5.83. The quantitative estimate of drug-likeness (QED) is 0.462. The van der Waals surface area contributed by atoms with Gasteiger partial charge in [0.2, 0.25) is 5.79 Å². The summed E-state index contributed by atoms with van der Waals surface area (Å²) in [6.07, 6.45) is 1.61. The third-order valence-electron chi connectivity index (χ3n) is 5.83. The molecule has 0 amide bonds. The zero-order valence-corrected chi connectivity index (χ0v) is 18.6. The summed E-state index contributed by atoms with van der Waals surface area (Å²) in [6.45, 7) is 12.2. The van der Waals surface area contributed by atoms with Crippen LogP contribution in [0.2, 0.25) is 0 Å². The van der Waals surface area contributed by atoms with E-state index >= 15 is 0 Å². The van der Waals surface area contributed by atoms with Gasteiger partial charge in [0.1, 0.15) is 18.3 Å². The van der Waals surface area contributed by atoms with Gasteiger partial charge in [0.15, 0.2) is 5.79 Å². The van der Waals surface area contributed by atoms with E-state index < -0.39 is 35.9 Å². The number of ether oxygens (including phenoxy) is 4. The zero-order valence-electron chi connectivity index (χ0n) is 18.6. The Hall–Kier alpha value is -2.32. The summed E-state index contributed by atoms with van der Waals surface area (Å²) in [5.41, 5.74) is 2.00. The van der Waals surface area contributed by atoms with Crippen LogP contribution in [-0.2, 0) is 32.1 Å². The van der Waals surface area contributed by atoms with Gasteiger partial charge in [-0.05, 0) is 31.1 Å². The largest absolute Gasteiger partial charge is 0.368 e. The van der Waals surface area contributed by atoms with E-state index in [2.05, 4.69) is 13.2 Å². The van der Waals surface area contributed by atoms with Gasteiger partial charge in [-0.25, -0.2) is 0 Å². The van der Waals surface area contributed by atoms with Gasteiger partial charge >= 0.3 is 0 Å². The van der Waals surface area contributed by atoms with E-state index in [1.807, 2.05) is 74.5 Å². The van der Waals surface area contributed by atoms with Crippen LogP contribution in [0.5, 0.6) is 0 Å². The highest BCUT2D eigenvalue weighted by Gasteiger charge is 2.65. The molecular weight excluding hydrogens is 406 g/mol. The number of benzene rings is 2. The Balaban J connectivity index is 1.60. The molecule has 2 fully saturated rings. The molecule has 5 atom stereocenters. The molecule has 2 saturated heterocycles. The Morgan fingerprint density at radius 1 is 1.03 bits per heavy atom. The van der Waals surface area contributed by atoms with Crippen molar-refractivity contribution < 1.29 is 24.2 Å². The molecule has 0 aliphatic carbocycles. The van der Waals surface area contributed by atoms with Crippen LogP contribution in [0.4, 0.5) is 0 Å². The molecule has 4 rings (SSSR count). The number of nitrogens with zero attached hydrogens (tertiary/aromatic N) is 1. The van der Waals surface area contributed by atoms with Crippen molar-refractivity contribution in [1.29, 1.82) is 0 Å². The molecule has 0 saturated carbocycles. The Kier molecular flexibility index (Phi) is 6.62. The van der Waals surface area contributed by atoms with Gasteiger partial charge in [0.25, 0.3) is 0 Å². The molecule has 1 N–H and O–H groups in total. The highest BCUT2D eigenvalue weighted by Crippen LogP contribution is 2.48. The summed E-state index contributed by atoms with van der Waals surface area (Å²) in [6, 6.07) is 19.1. The molecule has 2 aromatic rings. The van der Waals surface area contributed by atoms with Gasteiger partial charge < -0.3 is 24.2 Å². The van der Waals surface area contributed by atoms with Crippen molar-refractivity contribution in [2.45, 2.75) is 62.9 Å². The summed E-state index contributed by atoms with van der Waals surface area (Å²) in [5.74, 6) is -2.03. The Bertz CT molecular complexity index is 918. The van der Waals surface area contributed by atoms with Gasteiger partial charge in [-0.2, -0.15) is 5.06 Å². The lowest BCUT2D eigenvalue weighted by Crippen LogP contribution is -2.48. The second-order valence-corrected chi connectivity index (χ2v) is 8.62. The molecule has 6 heteroatoms. The second kappa shape index (κ2) is 9.27. The van der Waals surface area contributed by atoms with Crippen LogP contribution in [-0.4, -0.2) is 46.2 Å². The minimum atomic E-state index is -1.18. The van der Waals surface area contributed by atoms with Gasteiger partial charge in [-0.15, -0.1) is 6.58 Å². The number of hydrogen-bond donors (Lipinski definition) is 1. The number of rotatable bonds is 9. The van der Waals surface area contributed by atoms with Gasteiger partial charge in [-0.1, -0.05) is 73.3 Å². The van der Waals surface area contributed by atoms with Crippen LogP contribution in [0.1, 0.15) is 25.0 Å². The van der Waals surface area contributed by atoms with Crippen molar-refractivity contribution >= 4 is 0 Å². The monoisotopic (exact) mass is 437 g/mol. The summed E-state index contributed by atoms with van der Waals surface area (Å²) < 4.78 is 25.1.